The van der Waals surface area contributed by atoms with Gasteiger partial charge in [0.05, 0.1) is 23.2 Å². The van der Waals surface area contributed by atoms with Crippen LogP contribution in [0, 0.1) is 5.92 Å². The minimum atomic E-state index is -0.950. The van der Waals surface area contributed by atoms with Crippen molar-refractivity contribution in [1.29, 1.82) is 0 Å². The molecule has 0 bridgehead atoms. The summed E-state index contributed by atoms with van der Waals surface area (Å²) >= 11 is 0. The summed E-state index contributed by atoms with van der Waals surface area (Å²) in [5.74, 6) is 1.48. The highest BCUT2D eigenvalue weighted by atomic mass is 32.2. The van der Waals surface area contributed by atoms with E-state index >= 15 is 0 Å². The van der Waals surface area contributed by atoms with Gasteiger partial charge in [0.25, 0.3) is 0 Å². The molecule has 0 aliphatic heterocycles. The SMILES string of the molecule is CCNC1CCC(C)CC1S(=O)c1ccc(OC)cc1. The molecular weight excluding hydrogens is 270 g/mol. The molecule has 3 nitrogen and oxygen atoms in total. The van der Waals surface area contributed by atoms with Crippen molar-refractivity contribution in [2.24, 2.45) is 5.92 Å². The molecule has 4 unspecified atom stereocenters. The Morgan fingerprint density at radius 3 is 2.60 bits per heavy atom. The number of methoxy groups -OCH3 is 1. The van der Waals surface area contributed by atoms with E-state index in [0.717, 1.165) is 30.0 Å². The monoisotopic (exact) mass is 295 g/mol. The van der Waals surface area contributed by atoms with E-state index < -0.39 is 10.8 Å². The van der Waals surface area contributed by atoms with Gasteiger partial charge in [-0.25, -0.2) is 0 Å². The Morgan fingerprint density at radius 1 is 1.30 bits per heavy atom. The standard InChI is InChI=1S/C16H25NO2S/c1-4-17-15-10-5-12(2)11-16(15)20(18)14-8-6-13(19-3)7-9-14/h6-9,12,15-17H,4-5,10-11H2,1-3H3. The number of hydrogen-bond acceptors (Lipinski definition) is 3. The largest absolute Gasteiger partial charge is 0.497 e. The predicted molar refractivity (Wildman–Crippen MR) is 83.7 cm³/mol. The Bertz CT molecular complexity index is 446. The summed E-state index contributed by atoms with van der Waals surface area (Å²) < 4.78 is 18.0. The fourth-order valence-electron chi connectivity index (χ4n) is 2.95. The molecule has 1 fully saturated rings. The number of hydrogen-bond donors (Lipinski definition) is 1. The van der Waals surface area contributed by atoms with Crippen LogP contribution in [0.25, 0.3) is 0 Å². The molecule has 0 aromatic heterocycles. The van der Waals surface area contributed by atoms with Crippen LogP contribution in [0.3, 0.4) is 0 Å². The third-order valence-electron chi connectivity index (χ3n) is 4.09. The van der Waals surface area contributed by atoms with Crippen LogP contribution >= 0.6 is 0 Å². The zero-order valence-electron chi connectivity index (χ0n) is 12.6. The van der Waals surface area contributed by atoms with Gasteiger partial charge in [-0.15, -0.1) is 0 Å². The summed E-state index contributed by atoms with van der Waals surface area (Å²) in [6, 6.07) is 8.01. The molecule has 1 aromatic rings. The number of benzene rings is 1. The van der Waals surface area contributed by atoms with Crippen molar-refractivity contribution in [2.45, 2.75) is 49.3 Å². The minimum Gasteiger partial charge on any atom is -0.497 e. The molecule has 2 rings (SSSR count). The minimum absolute atomic E-state index is 0.215. The van der Waals surface area contributed by atoms with Crippen molar-refractivity contribution in [2.75, 3.05) is 13.7 Å². The predicted octanol–water partition coefficient (Wildman–Crippen LogP) is 2.97. The number of ether oxygens (including phenoxy) is 1. The van der Waals surface area contributed by atoms with E-state index in [9.17, 15) is 4.21 Å². The van der Waals surface area contributed by atoms with E-state index in [1.165, 1.54) is 6.42 Å². The highest BCUT2D eigenvalue weighted by Gasteiger charge is 2.32. The van der Waals surface area contributed by atoms with Gasteiger partial charge in [-0.1, -0.05) is 13.8 Å². The maximum Gasteiger partial charge on any atom is 0.118 e. The number of rotatable bonds is 5. The topological polar surface area (TPSA) is 38.3 Å². The van der Waals surface area contributed by atoms with Gasteiger partial charge >= 0.3 is 0 Å². The summed E-state index contributed by atoms with van der Waals surface area (Å²) in [7, 11) is 0.698. The second kappa shape index (κ2) is 7.23. The summed E-state index contributed by atoms with van der Waals surface area (Å²) in [5.41, 5.74) is 0. The first-order valence-corrected chi connectivity index (χ1v) is 8.65. The maximum absolute atomic E-state index is 12.9. The molecule has 20 heavy (non-hydrogen) atoms. The van der Waals surface area contributed by atoms with Gasteiger partial charge in [0.15, 0.2) is 0 Å². The second-order valence-electron chi connectivity index (χ2n) is 5.59. The molecule has 0 heterocycles. The Morgan fingerprint density at radius 2 is 2.00 bits per heavy atom. The third-order valence-corrected chi connectivity index (χ3v) is 5.89. The summed E-state index contributed by atoms with van der Waals surface area (Å²) in [6.07, 6.45) is 3.39. The molecular formula is C16H25NO2S. The van der Waals surface area contributed by atoms with Gasteiger partial charge in [-0.05, 0) is 56.0 Å². The van der Waals surface area contributed by atoms with Crippen LogP contribution in [0.15, 0.2) is 29.2 Å². The second-order valence-corrected chi connectivity index (χ2v) is 7.27. The summed E-state index contributed by atoms with van der Waals surface area (Å²) in [5, 5.41) is 3.73. The maximum atomic E-state index is 12.9. The lowest BCUT2D eigenvalue weighted by Crippen LogP contribution is -2.45. The van der Waals surface area contributed by atoms with Crippen molar-refractivity contribution >= 4 is 10.8 Å². The van der Waals surface area contributed by atoms with E-state index in [0.29, 0.717) is 12.0 Å². The highest BCUT2D eigenvalue weighted by Crippen LogP contribution is 2.30. The van der Waals surface area contributed by atoms with Crippen molar-refractivity contribution in [3.05, 3.63) is 24.3 Å². The van der Waals surface area contributed by atoms with E-state index in [4.69, 9.17) is 4.74 Å². The Hall–Kier alpha value is -0.870. The van der Waals surface area contributed by atoms with E-state index in [2.05, 4.69) is 19.2 Å². The zero-order chi connectivity index (χ0) is 14.5. The molecule has 112 valence electrons. The van der Waals surface area contributed by atoms with Gasteiger partial charge in [-0.2, -0.15) is 0 Å². The lowest BCUT2D eigenvalue weighted by Gasteiger charge is -2.34. The van der Waals surface area contributed by atoms with Crippen molar-refractivity contribution < 1.29 is 8.95 Å². The van der Waals surface area contributed by atoms with Crippen molar-refractivity contribution in [3.63, 3.8) is 0 Å². The molecule has 1 aliphatic rings. The molecule has 0 radical (unpaired) electrons. The van der Waals surface area contributed by atoms with E-state index in [-0.39, 0.29) is 5.25 Å². The van der Waals surface area contributed by atoms with E-state index in [1.807, 2.05) is 24.3 Å². The van der Waals surface area contributed by atoms with Gasteiger partial charge in [0, 0.05) is 10.9 Å². The first kappa shape index (κ1) is 15.5. The molecule has 0 amide bonds. The Labute approximate surface area is 124 Å². The summed E-state index contributed by atoms with van der Waals surface area (Å²) in [6.45, 7) is 5.32. The van der Waals surface area contributed by atoms with Crippen LogP contribution < -0.4 is 10.1 Å². The molecule has 1 saturated carbocycles. The Kier molecular flexibility index (Phi) is 5.61. The molecule has 1 aliphatic carbocycles. The number of nitrogens with one attached hydrogen (secondary N) is 1. The van der Waals surface area contributed by atoms with Crippen molar-refractivity contribution in [3.8, 4) is 5.75 Å². The van der Waals surface area contributed by atoms with Crippen LogP contribution in [0.4, 0.5) is 0 Å². The Balaban J connectivity index is 2.14. The first-order valence-electron chi connectivity index (χ1n) is 7.43. The van der Waals surface area contributed by atoms with Crippen LogP contribution in [0.5, 0.6) is 5.75 Å². The van der Waals surface area contributed by atoms with Crippen LogP contribution in [0.1, 0.15) is 33.1 Å². The van der Waals surface area contributed by atoms with Crippen LogP contribution in [-0.2, 0) is 10.8 Å². The normalized spacial score (nSPS) is 28.1. The van der Waals surface area contributed by atoms with Gasteiger partial charge in [-0.3, -0.25) is 4.21 Å². The highest BCUT2D eigenvalue weighted by molar-refractivity contribution is 7.85. The van der Waals surface area contributed by atoms with Crippen LogP contribution in [-0.4, -0.2) is 29.2 Å². The molecule has 4 heteroatoms. The smallest absolute Gasteiger partial charge is 0.118 e. The third kappa shape index (κ3) is 3.61. The molecule has 1 N–H and O–H groups in total. The van der Waals surface area contributed by atoms with Gasteiger partial charge in [0.1, 0.15) is 5.75 Å². The fourth-order valence-corrected chi connectivity index (χ4v) is 4.73. The average Bonchev–Trinajstić information content (AvgIpc) is 2.48. The fraction of sp³-hybridized carbons (Fsp3) is 0.625. The average molecular weight is 295 g/mol. The molecule has 0 spiro atoms. The van der Waals surface area contributed by atoms with Gasteiger partial charge < -0.3 is 10.1 Å². The molecule has 4 atom stereocenters. The molecule has 1 aromatic carbocycles. The summed E-state index contributed by atoms with van der Waals surface area (Å²) in [4.78, 5) is 0.910. The zero-order valence-corrected chi connectivity index (χ0v) is 13.4. The molecule has 0 saturated heterocycles. The first-order chi connectivity index (χ1) is 9.65. The quantitative estimate of drug-likeness (QED) is 0.907. The van der Waals surface area contributed by atoms with E-state index in [1.54, 1.807) is 7.11 Å². The lowest BCUT2D eigenvalue weighted by molar-refractivity contribution is 0.316. The lowest BCUT2D eigenvalue weighted by atomic mass is 9.87. The van der Waals surface area contributed by atoms with Gasteiger partial charge in [0.2, 0.25) is 0 Å². The van der Waals surface area contributed by atoms with Crippen molar-refractivity contribution in [1.82, 2.24) is 5.32 Å². The van der Waals surface area contributed by atoms with Crippen LogP contribution in [0.2, 0.25) is 0 Å².